The van der Waals surface area contributed by atoms with Crippen molar-refractivity contribution in [3.8, 4) is 5.75 Å². The van der Waals surface area contributed by atoms with Crippen LogP contribution < -0.4 is 10.5 Å². The number of ether oxygens (including phenoxy) is 4. The van der Waals surface area contributed by atoms with Gasteiger partial charge in [-0.25, -0.2) is 9.59 Å². The summed E-state index contributed by atoms with van der Waals surface area (Å²) in [6.07, 6.45) is 0.857. The Morgan fingerprint density at radius 1 is 0.977 bits per heavy atom. The molecule has 1 saturated heterocycles. The van der Waals surface area contributed by atoms with E-state index in [2.05, 4.69) is 0 Å². The molecule has 1 aromatic carbocycles. The average Bonchev–Trinajstić information content (AvgIpc) is 2.98. The second-order valence-corrected chi connectivity index (χ2v) is 10.4. The molecule has 2 fully saturated rings. The molecule has 2 aromatic rings. The minimum atomic E-state index is -1.31. The smallest absolute Gasteiger partial charge is 0.409 e. The van der Waals surface area contributed by atoms with Gasteiger partial charge in [0.05, 0.1) is 37.5 Å². The highest BCUT2D eigenvalue weighted by atomic mass is 16.6. The van der Waals surface area contributed by atoms with Crippen molar-refractivity contribution in [3.05, 3.63) is 35.5 Å². The van der Waals surface area contributed by atoms with Crippen LogP contribution in [0.1, 0.15) is 67.9 Å². The number of hydrogen-bond donors (Lipinski definition) is 1. The van der Waals surface area contributed by atoms with Gasteiger partial charge in [-0.2, -0.15) is 0 Å². The monoisotopic (exact) mass is 598 g/mol. The van der Waals surface area contributed by atoms with Gasteiger partial charge in [-0.05, 0) is 51.7 Å². The van der Waals surface area contributed by atoms with Crippen LogP contribution in [0, 0.1) is 0 Å². The van der Waals surface area contributed by atoms with Crippen LogP contribution in [0.2, 0.25) is 0 Å². The zero-order valence-electron chi connectivity index (χ0n) is 24.8. The Hall–Kier alpha value is -4.42. The fraction of sp³-hybridized carbons (Fsp3) is 0.533. The Morgan fingerprint density at radius 3 is 2.21 bits per heavy atom. The third kappa shape index (κ3) is 6.65. The highest BCUT2D eigenvalue weighted by molar-refractivity contribution is 6.05. The van der Waals surface area contributed by atoms with Crippen LogP contribution in [0.4, 0.5) is 4.79 Å². The number of nitrogens with zero attached hydrogens (tertiary/aromatic N) is 3. The third-order valence-electron chi connectivity index (χ3n) is 7.84. The van der Waals surface area contributed by atoms with Crippen molar-refractivity contribution in [1.29, 1.82) is 0 Å². The number of piperazine rings is 1. The average molecular weight is 599 g/mol. The van der Waals surface area contributed by atoms with Gasteiger partial charge in [0.2, 0.25) is 11.5 Å². The Labute approximate surface area is 249 Å². The van der Waals surface area contributed by atoms with Gasteiger partial charge in [0.25, 0.3) is 5.91 Å². The molecule has 232 valence electrons. The van der Waals surface area contributed by atoms with Crippen LogP contribution in [0.15, 0.2) is 24.3 Å². The lowest BCUT2D eigenvalue weighted by atomic mass is 9.79. The van der Waals surface area contributed by atoms with Crippen molar-refractivity contribution < 1.29 is 42.9 Å². The van der Waals surface area contributed by atoms with Crippen LogP contribution >= 0.6 is 0 Å². The SMILES string of the molecule is CCOC(=O)N1CCN(C(=O)C(CCC(=O)OC)c2nc3ccccc3c(OC3(C(=O)OCC)CCC3)c2C(N)=O)CC1. The number of rotatable bonds is 11. The Morgan fingerprint density at radius 2 is 1.63 bits per heavy atom. The molecule has 0 spiro atoms. The number of fused-ring (bicyclic) bond motifs is 1. The third-order valence-corrected chi connectivity index (χ3v) is 7.84. The lowest BCUT2D eigenvalue weighted by Crippen LogP contribution is -2.52. The van der Waals surface area contributed by atoms with Gasteiger partial charge >= 0.3 is 18.0 Å². The van der Waals surface area contributed by atoms with Crippen LogP contribution in [0.5, 0.6) is 5.75 Å². The molecule has 2 heterocycles. The molecule has 2 N–H and O–H groups in total. The van der Waals surface area contributed by atoms with Gasteiger partial charge in [-0.1, -0.05) is 12.1 Å². The molecule has 1 aliphatic heterocycles. The maximum atomic E-state index is 14.1. The molecule has 13 nitrogen and oxygen atoms in total. The predicted octanol–water partition coefficient (Wildman–Crippen LogP) is 2.54. The van der Waals surface area contributed by atoms with E-state index in [0.717, 1.165) is 6.42 Å². The van der Waals surface area contributed by atoms with Crippen molar-refractivity contribution in [2.24, 2.45) is 5.73 Å². The molecule has 0 radical (unpaired) electrons. The summed E-state index contributed by atoms with van der Waals surface area (Å²) in [6, 6.07) is 6.89. The molecule has 1 aliphatic carbocycles. The number of methoxy groups -OCH3 is 1. The van der Waals surface area contributed by atoms with Crippen molar-refractivity contribution in [2.75, 3.05) is 46.5 Å². The van der Waals surface area contributed by atoms with E-state index in [9.17, 15) is 24.0 Å². The molecule has 2 aliphatic rings. The highest BCUT2D eigenvalue weighted by Crippen LogP contribution is 2.43. The zero-order chi connectivity index (χ0) is 31.1. The summed E-state index contributed by atoms with van der Waals surface area (Å²) in [6.45, 7) is 4.72. The number of nitrogens with two attached hydrogens (primary N) is 1. The molecule has 13 heteroatoms. The molecule has 4 rings (SSSR count). The first-order valence-corrected chi connectivity index (χ1v) is 14.5. The highest BCUT2D eigenvalue weighted by Gasteiger charge is 2.49. The number of benzene rings is 1. The molecular weight excluding hydrogens is 560 g/mol. The lowest BCUT2D eigenvalue weighted by Gasteiger charge is -2.40. The van der Waals surface area contributed by atoms with E-state index in [0.29, 0.717) is 23.7 Å². The summed E-state index contributed by atoms with van der Waals surface area (Å²) in [7, 11) is 1.25. The van der Waals surface area contributed by atoms with Crippen LogP contribution in [-0.4, -0.2) is 96.7 Å². The summed E-state index contributed by atoms with van der Waals surface area (Å²) in [5, 5.41) is 0.442. The topological polar surface area (TPSA) is 168 Å². The number of pyridine rings is 1. The van der Waals surface area contributed by atoms with Gasteiger partial charge in [0, 0.05) is 38.0 Å². The Bertz CT molecular complexity index is 1380. The van der Waals surface area contributed by atoms with E-state index in [4.69, 9.17) is 29.7 Å². The van der Waals surface area contributed by atoms with E-state index in [1.54, 1.807) is 43.0 Å². The quantitative estimate of drug-likeness (QED) is 0.300. The summed E-state index contributed by atoms with van der Waals surface area (Å²) in [5.74, 6) is -3.42. The number of hydrogen-bond acceptors (Lipinski definition) is 10. The van der Waals surface area contributed by atoms with Crippen molar-refractivity contribution in [2.45, 2.75) is 57.5 Å². The standard InChI is InChI=1S/C30H38N4O9/c1-4-41-28(38)30(13-8-14-30)43-25-19-9-6-7-10-21(19)32-24(23(25)26(31)36)20(11-12-22(35)40-3)27(37)33-15-17-34(18-16-33)29(39)42-5-2/h6-7,9-10,20H,4-5,8,11-18H2,1-3H3,(H2,31,36). The van der Waals surface area contributed by atoms with E-state index in [1.165, 1.54) is 12.0 Å². The first kappa shape index (κ1) is 31.5. The van der Waals surface area contributed by atoms with Gasteiger partial charge in [0.1, 0.15) is 11.3 Å². The second-order valence-electron chi connectivity index (χ2n) is 10.4. The number of aromatic nitrogens is 1. The number of carbonyl (C=O) groups is 5. The summed E-state index contributed by atoms with van der Waals surface area (Å²) >= 11 is 0. The first-order valence-electron chi connectivity index (χ1n) is 14.5. The number of primary amides is 1. The summed E-state index contributed by atoms with van der Waals surface area (Å²) in [4.78, 5) is 72.5. The number of carbonyl (C=O) groups excluding carboxylic acids is 5. The van der Waals surface area contributed by atoms with Crippen molar-refractivity contribution >= 4 is 40.7 Å². The first-order chi connectivity index (χ1) is 20.7. The number of para-hydroxylation sites is 1. The largest absolute Gasteiger partial charge is 0.474 e. The van der Waals surface area contributed by atoms with E-state index < -0.39 is 41.4 Å². The van der Waals surface area contributed by atoms with E-state index in [1.807, 2.05) is 0 Å². The number of amides is 3. The van der Waals surface area contributed by atoms with Crippen LogP contribution in [0.3, 0.4) is 0 Å². The molecule has 1 unspecified atom stereocenters. The fourth-order valence-corrected chi connectivity index (χ4v) is 5.39. The van der Waals surface area contributed by atoms with E-state index in [-0.39, 0.29) is 69.2 Å². The maximum absolute atomic E-state index is 14.1. The molecule has 1 saturated carbocycles. The van der Waals surface area contributed by atoms with Gasteiger partial charge < -0.3 is 34.5 Å². The number of esters is 2. The van der Waals surface area contributed by atoms with E-state index >= 15 is 0 Å². The minimum absolute atomic E-state index is 0.0301. The minimum Gasteiger partial charge on any atom is -0.474 e. The second kappa shape index (κ2) is 13.7. The molecule has 1 aromatic heterocycles. The summed E-state index contributed by atoms with van der Waals surface area (Å²) in [5.41, 5.74) is 4.96. The molecule has 3 amide bonds. The summed E-state index contributed by atoms with van der Waals surface area (Å²) < 4.78 is 21.6. The van der Waals surface area contributed by atoms with Gasteiger partial charge in [0.15, 0.2) is 0 Å². The molecule has 0 bridgehead atoms. The van der Waals surface area contributed by atoms with Gasteiger partial charge in [-0.15, -0.1) is 0 Å². The van der Waals surface area contributed by atoms with Gasteiger partial charge in [-0.3, -0.25) is 19.4 Å². The maximum Gasteiger partial charge on any atom is 0.409 e. The fourth-order valence-electron chi connectivity index (χ4n) is 5.39. The van der Waals surface area contributed by atoms with Crippen LogP contribution in [-0.2, 0) is 28.6 Å². The lowest BCUT2D eigenvalue weighted by molar-refractivity contribution is -0.169. The molecule has 1 atom stereocenters. The zero-order valence-corrected chi connectivity index (χ0v) is 24.8. The molecule has 43 heavy (non-hydrogen) atoms. The van der Waals surface area contributed by atoms with Crippen molar-refractivity contribution in [1.82, 2.24) is 14.8 Å². The Balaban J connectivity index is 1.79. The Kier molecular flexibility index (Phi) is 10.0. The normalized spacial score (nSPS) is 16.5. The predicted molar refractivity (Wildman–Crippen MR) is 153 cm³/mol. The van der Waals surface area contributed by atoms with Crippen molar-refractivity contribution in [3.63, 3.8) is 0 Å². The van der Waals surface area contributed by atoms with Crippen LogP contribution in [0.25, 0.3) is 10.9 Å². The molecular formula is C30H38N4O9.